The third kappa shape index (κ3) is 4.78. The Bertz CT molecular complexity index is 985. The number of guanidine groups is 1. The lowest BCUT2D eigenvalue weighted by molar-refractivity contribution is 0.100. The Balaban J connectivity index is 2.67. The molecule has 0 aliphatic heterocycles. The van der Waals surface area contributed by atoms with Gasteiger partial charge in [0.2, 0.25) is 0 Å². The van der Waals surface area contributed by atoms with E-state index in [0.717, 1.165) is 6.26 Å². The van der Waals surface area contributed by atoms with Crippen molar-refractivity contribution in [3.8, 4) is 0 Å². The highest BCUT2D eigenvalue weighted by atomic mass is 35.5. The smallest absolute Gasteiger partial charge is 0.280 e. The lowest BCUT2D eigenvalue weighted by Gasteiger charge is -2.13. The van der Waals surface area contributed by atoms with Gasteiger partial charge in [0.1, 0.15) is 0 Å². The van der Waals surface area contributed by atoms with Gasteiger partial charge in [-0.1, -0.05) is 42.4 Å². The van der Waals surface area contributed by atoms with Gasteiger partial charge in [-0.3, -0.25) is 4.79 Å². The largest absolute Gasteiger partial charge is 0.370 e. The summed E-state index contributed by atoms with van der Waals surface area (Å²) in [5, 5.41) is 0.510. The number of hydrogen-bond acceptors (Lipinski definition) is 4. The molecular weight excluding hydrogens is 394 g/mol. The van der Waals surface area contributed by atoms with Gasteiger partial charge in [0.25, 0.3) is 5.91 Å². The molecule has 4 N–H and O–H groups in total. The molecule has 138 valence electrons. The summed E-state index contributed by atoms with van der Waals surface area (Å²) in [6, 6.07) is 10.1. The molecule has 0 heterocycles. The van der Waals surface area contributed by atoms with Crippen LogP contribution in [0.5, 0.6) is 0 Å². The molecule has 0 atom stereocenters. The summed E-state index contributed by atoms with van der Waals surface area (Å²) in [6.45, 7) is 1.85. The molecule has 0 saturated heterocycles. The van der Waals surface area contributed by atoms with E-state index in [1.54, 1.807) is 24.3 Å². The minimum Gasteiger partial charge on any atom is -0.370 e. The maximum Gasteiger partial charge on any atom is 0.280 e. The molecule has 0 unspecified atom stereocenters. The van der Waals surface area contributed by atoms with Crippen LogP contribution in [0.3, 0.4) is 0 Å². The highest BCUT2D eigenvalue weighted by molar-refractivity contribution is 8.00. The van der Waals surface area contributed by atoms with Crippen LogP contribution < -0.4 is 11.5 Å². The van der Waals surface area contributed by atoms with Crippen LogP contribution in [0.4, 0.5) is 0 Å². The van der Waals surface area contributed by atoms with Crippen molar-refractivity contribution < 1.29 is 13.2 Å². The topological polar surface area (TPSA) is 116 Å². The SMILES string of the molecule is CCc1cc(Sc2ccccc2Cl)c(S(C)(=O)=O)cc1C(=O)N=C(N)N. The minimum atomic E-state index is -3.60. The van der Waals surface area contributed by atoms with Gasteiger partial charge in [-0.2, -0.15) is 4.99 Å². The lowest BCUT2D eigenvalue weighted by atomic mass is 10.0. The quantitative estimate of drug-likeness (QED) is 0.577. The van der Waals surface area contributed by atoms with E-state index in [1.165, 1.54) is 17.8 Å². The van der Waals surface area contributed by atoms with Gasteiger partial charge in [-0.05, 0) is 36.2 Å². The first-order valence-corrected chi connectivity index (χ1v) is 10.7. The first-order valence-electron chi connectivity index (χ1n) is 7.56. The molecule has 0 radical (unpaired) electrons. The van der Waals surface area contributed by atoms with Gasteiger partial charge in [-0.15, -0.1) is 0 Å². The van der Waals surface area contributed by atoms with Gasteiger partial charge >= 0.3 is 0 Å². The number of carbonyl (C=O) groups excluding carboxylic acids is 1. The summed E-state index contributed by atoms with van der Waals surface area (Å²) >= 11 is 7.41. The molecule has 6 nitrogen and oxygen atoms in total. The third-order valence-corrected chi connectivity index (χ3v) is 6.31. The zero-order chi connectivity index (χ0) is 19.5. The first kappa shape index (κ1) is 20.3. The summed E-state index contributed by atoms with van der Waals surface area (Å²) in [7, 11) is -3.60. The monoisotopic (exact) mass is 411 g/mol. The Labute approximate surface area is 161 Å². The maximum absolute atomic E-state index is 12.3. The van der Waals surface area contributed by atoms with Gasteiger partial charge < -0.3 is 11.5 Å². The van der Waals surface area contributed by atoms with E-state index < -0.39 is 15.7 Å². The van der Waals surface area contributed by atoms with E-state index in [0.29, 0.717) is 26.8 Å². The molecule has 0 saturated carbocycles. The van der Waals surface area contributed by atoms with Crippen molar-refractivity contribution in [2.45, 2.75) is 28.0 Å². The number of amides is 1. The molecule has 0 aliphatic carbocycles. The summed E-state index contributed by atoms with van der Waals surface area (Å²) in [5.74, 6) is -1.06. The zero-order valence-electron chi connectivity index (χ0n) is 14.2. The van der Waals surface area contributed by atoms with Crippen LogP contribution in [0, 0.1) is 0 Å². The predicted molar refractivity (Wildman–Crippen MR) is 105 cm³/mol. The van der Waals surface area contributed by atoms with Crippen molar-refractivity contribution >= 4 is 45.1 Å². The number of benzene rings is 2. The molecule has 26 heavy (non-hydrogen) atoms. The zero-order valence-corrected chi connectivity index (χ0v) is 16.6. The minimum absolute atomic E-state index is 0.0220. The molecule has 0 spiro atoms. The van der Waals surface area contributed by atoms with Crippen molar-refractivity contribution in [1.82, 2.24) is 0 Å². The van der Waals surface area contributed by atoms with Crippen molar-refractivity contribution in [2.24, 2.45) is 16.5 Å². The molecule has 0 aromatic heterocycles. The van der Waals surface area contributed by atoms with Crippen LogP contribution in [0.25, 0.3) is 0 Å². The molecule has 0 aliphatic rings. The van der Waals surface area contributed by atoms with E-state index in [-0.39, 0.29) is 16.4 Å². The molecule has 0 bridgehead atoms. The number of nitrogens with two attached hydrogens (primary N) is 2. The van der Waals surface area contributed by atoms with Gasteiger partial charge in [0.15, 0.2) is 15.8 Å². The summed E-state index contributed by atoms with van der Waals surface area (Å²) < 4.78 is 24.6. The number of carbonyl (C=O) groups is 1. The van der Waals surface area contributed by atoms with Gasteiger partial charge in [-0.25, -0.2) is 8.42 Å². The van der Waals surface area contributed by atoms with Crippen molar-refractivity contribution in [3.63, 3.8) is 0 Å². The summed E-state index contributed by atoms with van der Waals surface area (Å²) in [6.07, 6.45) is 1.58. The van der Waals surface area contributed by atoms with E-state index in [4.69, 9.17) is 23.1 Å². The van der Waals surface area contributed by atoms with E-state index in [1.807, 2.05) is 13.0 Å². The van der Waals surface area contributed by atoms with Crippen molar-refractivity contribution in [3.05, 3.63) is 52.5 Å². The van der Waals surface area contributed by atoms with Crippen LogP contribution in [0.1, 0.15) is 22.8 Å². The molecule has 2 rings (SSSR count). The van der Waals surface area contributed by atoms with Gasteiger partial charge in [0, 0.05) is 21.6 Å². The Hall–Kier alpha value is -2.03. The third-order valence-electron chi connectivity index (χ3n) is 3.47. The highest BCUT2D eigenvalue weighted by Gasteiger charge is 2.21. The van der Waals surface area contributed by atoms with Crippen LogP contribution in [0.2, 0.25) is 5.02 Å². The van der Waals surface area contributed by atoms with Crippen LogP contribution in [0.15, 0.2) is 56.1 Å². The van der Waals surface area contributed by atoms with Crippen molar-refractivity contribution in [2.75, 3.05) is 6.26 Å². The summed E-state index contributed by atoms with van der Waals surface area (Å²) in [5.41, 5.74) is 11.3. The molecule has 2 aromatic carbocycles. The molecule has 9 heteroatoms. The number of sulfone groups is 1. The number of halogens is 1. The second-order valence-corrected chi connectivity index (χ2v) is 8.93. The van der Waals surface area contributed by atoms with Crippen molar-refractivity contribution in [1.29, 1.82) is 0 Å². The lowest BCUT2D eigenvalue weighted by Crippen LogP contribution is -2.24. The highest BCUT2D eigenvalue weighted by Crippen LogP contribution is 2.38. The second kappa shape index (κ2) is 8.11. The number of rotatable bonds is 5. The fourth-order valence-electron chi connectivity index (χ4n) is 2.29. The molecule has 1 amide bonds. The fraction of sp³-hybridized carbons (Fsp3) is 0.176. The Morgan fingerprint density at radius 3 is 2.38 bits per heavy atom. The number of aryl methyl sites for hydroxylation is 1. The normalized spacial score (nSPS) is 11.2. The number of aliphatic imine (C=N–C) groups is 1. The first-order chi connectivity index (χ1) is 12.1. The van der Waals surface area contributed by atoms with E-state index in [9.17, 15) is 13.2 Å². The Kier molecular flexibility index (Phi) is 6.33. The fourth-order valence-corrected chi connectivity index (χ4v) is 4.78. The van der Waals surface area contributed by atoms with Crippen LogP contribution >= 0.6 is 23.4 Å². The number of nitrogens with zero attached hydrogens (tertiary/aromatic N) is 1. The Morgan fingerprint density at radius 2 is 1.85 bits per heavy atom. The van der Waals surface area contributed by atoms with E-state index in [2.05, 4.69) is 4.99 Å². The predicted octanol–water partition coefficient (Wildman–Crippen LogP) is 2.87. The van der Waals surface area contributed by atoms with E-state index >= 15 is 0 Å². The van der Waals surface area contributed by atoms with Crippen LogP contribution in [-0.2, 0) is 16.3 Å². The standard InChI is InChI=1S/C17H18ClN3O3S2/c1-3-10-8-14(25-13-7-5-4-6-12(13)18)15(26(2,23)24)9-11(10)16(22)21-17(19)20/h4-9H,3H2,1-2H3,(H4,19,20,21,22). The second-order valence-electron chi connectivity index (χ2n) is 5.46. The molecule has 0 fully saturated rings. The molecule has 2 aromatic rings. The van der Waals surface area contributed by atoms with Gasteiger partial charge in [0.05, 0.1) is 9.92 Å². The average Bonchev–Trinajstić information content (AvgIpc) is 2.54. The Morgan fingerprint density at radius 1 is 1.19 bits per heavy atom. The summed E-state index contributed by atoms with van der Waals surface area (Å²) in [4.78, 5) is 17.0. The van der Waals surface area contributed by atoms with Crippen LogP contribution in [-0.4, -0.2) is 26.5 Å². The molecular formula is C17H18ClN3O3S2. The maximum atomic E-state index is 12.3. The number of hydrogen-bond donors (Lipinski definition) is 2. The average molecular weight is 412 g/mol.